The summed E-state index contributed by atoms with van der Waals surface area (Å²) in [6.07, 6.45) is 3.12. The third-order valence-electron chi connectivity index (χ3n) is 2.40. The van der Waals surface area contributed by atoms with Crippen LogP contribution < -0.4 is 0 Å². The van der Waals surface area contributed by atoms with E-state index in [1.54, 1.807) is 10.9 Å². The number of halogens is 2. The van der Waals surface area contributed by atoms with Crippen molar-refractivity contribution in [1.29, 1.82) is 0 Å². The molecule has 5 heteroatoms. The number of aryl methyl sites for hydroxylation is 1. The van der Waals surface area contributed by atoms with Crippen LogP contribution in [0.25, 0.3) is 0 Å². The van der Waals surface area contributed by atoms with E-state index < -0.39 is 5.82 Å². The van der Waals surface area contributed by atoms with Gasteiger partial charge < -0.3 is 0 Å². The smallest absolute Gasteiger partial charge is 0.197 e. The standard InChI is InChI=1S/C12H10ClFN2O/c1-2-16-7-8(6-15-16)12(17)10-4-3-9(14)5-11(10)13/h3-7H,2H2,1H3. The first-order valence-corrected chi connectivity index (χ1v) is 5.52. The molecule has 3 nitrogen and oxygen atoms in total. The van der Waals surface area contributed by atoms with Gasteiger partial charge in [0.05, 0.1) is 16.8 Å². The molecule has 0 fully saturated rings. The summed E-state index contributed by atoms with van der Waals surface area (Å²) in [6, 6.07) is 3.71. The van der Waals surface area contributed by atoms with Crippen molar-refractivity contribution in [1.82, 2.24) is 9.78 Å². The Bertz CT molecular complexity index is 565. The Hall–Kier alpha value is -1.68. The fraction of sp³-hybridized carbons (Fsp3) is 0.167. The lowest BCUT2D eigenvalue weighted by molar-refractivity contribution is 0.103. The van der Waals surface area contributed by atoms with Crippen LogP contribution in [0.1, 0.15) is 22.8 Å². The van der Waals surface area contributed by atoms with E-state index in [1.165, 1.54) is 18.3 Å². The van der Waals surface area contributed by atoms with E-state index in [2.05, 4.69) is 5.10 Å². The van der Waals surface area contributed by atoms with Gasteiger partial charge in [0, 0.05) is 18.3 Å². The fourth-order valence-electron chi connectivity index (χ4n) is 1.48. The van der Waals surface area contributed by atoms with Crippen molar-refractivity contribution in [3.63, 3.8) is 0 Å². The predicted molar refractivity (Wildman–Crippen MR) is 62.7 cm³/mol. The zero-order valence-electron chi connectivity index (χ0n) is 9.15. The summed E-state index contributed by atoms with van der Waals surface area (Å²) in [4.78, 5) is 12.0. The van der Waals surface area contributed by atoms with Gasteiger partial charge >= 0.3 is 0 Å². The van der Waals surface area contributed by atoms with Crippen molar-refractivity contribution in [2.75, 3.05) is 0 Å². The van der Waals surface area contributed by atoms with E-state index >= 15 is 0 Å². The number of nitrogens with zero attached hydrogens (tertiary/aromatic N) is 2. The minimum atomic E-state index is -0.462. The van der Waals surface area contributed by atoms with E-state index in [-0.39, 0.29) is 16.4 Å². The molecule has 1 heterocycles. The predicted octanol–water partition coefficient (Wildman–Crippen LogP) is 2.93. The first-order valence-electron chi connectivity index (χ1n) is 5.14. The second kappa shape index (κ2) is 4.67. The van der Waals surface area contributed by atoms with Crippen molar-refractivity contribution >= 4 is 17.4 Å². The Kier molecular flexibility index (Phi) is 3.24. The molecule has 0 aliphatic rings. The van der Waals surface area contributed by atoms with Gasteiger partial charge in [0.15, 0.2) is 5.78 Å². The van der Waals surface area contributed by atoms with Crippen LogP contribution in [0.2, 0.25) is 5.02 Å². The van der Waals surface area contributed by atoms with Crippen LogP contribution >= 0.6 is 11.6 Å². The SMILES string of the molecule is CCn1cc(C(=O)c2ccc(F)cc2Cl)cn1. The second-order valence-corrected chi connectivity index (χ2v) is 3.95. The van der Waals surface area contributed by atoms with E-state index in [4.69, 9.17) is 11.6 Å². The Labute approximate surface area is 103 Å². The summed E-state index contributed by atoms with van der Waals surface area (Å²) >= 11 is 5.83. The highest BCUT2D eigenvalue weighted by Gasteiger charge is 2.14. The quantitative estimate of drug-likeness (QED) is 0.788. The van der Waals surface area contributed by atoms with E-state index in [0.717, 1.165) is 6.07 Å². The molecule has 0 radical (unpaired) electrons. The number of hydrogen-bond acceptors (Lipinski definition) is 2. The van der Waals surface area contributed by atoms with E-state index in [1.807, 2.05) is 6.92 Å². The van der Waals surface area contributed by atoms with Gasteiger partial charge in [-0.05, 0) is 25.1 Å². The monoisotopic (exact) mass is 252 g/mol. The molecule has 0 aliphatic heterocycles. The van der Waals surface area contributed by atoms with Crippen molar-refractivity contribution in [2.45, 2.75) is 13.5 Å². The molecule has 2 aromatic rings. The Morgan fingerprint density at radius 1 is 1.53 bits per heavy atom. The van der Waals surface area contributed by atoms with Gasteiger partial charge in [-0.15, -0.1) is 0 Å². The topological polar surface area (TPSA) is 34.9 Å². The maximum absolute atomic E-state index is 12.9. The van der Waals surface area contributed by atoms with Gasteiger partial charge in [0.1, 0.15) is 5.82 Å². The second-order valence-electron chi connectivity index (χ2n) is 3.54. The van der Waals surface area contributed by atoms with E-state index in [9.17, 15) is 9.18 Å². The third kappa shape index (κ3) is 2.36. The van der Waals surface area contributed by atoms with Crippen LogP contribution in [0.15, 0.2) is 30.6 Å². The van der Waals surface area contributed by atoms with Gasteiger partial charge in [-0.25, -0.2) is 4.39 Å². The summed E-state index contributed by atoms with van der Waals surface area (Å²) in [5, 5.41) is 4.12. The van der Waals surface area contributed by atoms with Crippen molar-refractivity contribution < 1.29 is 9.18 Å². The maximum atomic E-state index is 12.9. The molecule has 17 heavy (non-hydrogen) atoms. The molecule has 0 N–H and O–H groups in total. The van der Waals surface area contributed by atoms with Crippen molar-refractivity contribution in [3.8, 4) is 0 Å². The lowest BCUT2D eigenvalue weighted by Crippen LogP contribution is -2.01. The highest BCUT2D eigenvalue weighted by molar-refractivity contribution is 6.34. The molecule has 1 aromatic carbocycles. The number of ketones is 1. The van der Waals surface area contributed by atoms with Crippen LogP contribution in [0.4, 0.5) is 4.39 Å². The molecule has 1 aromatic heterocycles. The molecule has 0 bridgehead atoms. The molecule has 0 saturated heterocycles. The minimum Gasteiger partial charge on any atom is -0.288 e. The number of rotatable bonds is 3. The molecular formula is C12H10ClFN2O. The number of benzene rings is 1. The fourth-order valence-corrected chi connectivity index (χ4v) is 1.74. The summed E-state index contributed by atoms with van der Waals surface area (Å²) in [5.41, 5.74) is 0.726. The van der Waals surface area contributed by atoms with Gasteiger partial charge in [-0.1, -0.05) is 11.6 Å². The van der Waals surface area contributed by atoms with Crippen LogP contribution in [0.3, 0.4) is 0 Å². The molecular weight excluding hydrogens is 243 g/mol. The van der Waals surface area contributed by atoms with Crippen molar-refractivity contribution in [2.24, 2.45) is 0 Å². The first-order chi connectivity index (χ1) is 8.11. The molecule has 0 amide bonds. The molecule has 0 aliphatic carbocycles. The number of carbonyl (C=O) groups is 1. The van der Waals surface area contributed by atoms with Gasteiger partial charge in [-0.3, -0.25) is 9.48 Å². The Balaban J connectivity index is 2.36. The maximum Gasteiger partial charge on any atom is 0.197 e. The van der Waals surface area contributed by atoms with Crippen molar-refractivity contribution in [3.05, 3.63) is 52.6 Å². The minimum absolute atomic E-state index is 0.110. The van der Waals surface area contributed by atoms with Crippen LogP contribution in [0, 0.1) is 5.82 Å². The summed E-state index contributed by atoms with van der Waals surface area (Å²) < 4.78 is 14.5. The summed E-state index contributed by atoms with van der Waals surface area (Å²) in [7, 11) is 0. The molecule has 0 unspecified atom stereocenters. The van der Waals surface area contributed by atoms with Gasteiger partial charge in [-0.2, -0.15) is 5.10 Å². The highest BCUT2D eigenvalue weighted by atomic mass is 35.5. The highest BCUT2D eigenvalue weighted by Crippen LogP contribution is 2.20. The zero-order valence-corrected chi connectivity index (χ0v) is 9.91. The zero-order chi connectivity index (χ0) is 12.4. The summed E-state index contributed by atoms with van der Waals surface area (Å²) in [5.74, 6) is -0.717. The first kappa shape index (κ1) is 11.8. The third-order valence-corrected chi connectivity index (χ3v) is 2.71. The molecule has 0 atom stereocenters. The Morgan fingerprint density at radius 3 is 2.88 bits per heavy atom. The lowest BCUT2D eigenvalue weighted by atomic mass is 10.1. The van der Waals surface area contributed by atoms with Gasteiger partial charge in [0.25, 0.3) is 0 Å². The molecule has 88 valence electrons. The van der Waals surface area contributed by atoms with E-state index in [0.29, 0.717) is 12.1 Å². The Morgan fingerprint density at radius 2 is 2.29 bits per heavy atom. The number of carbonyl (C=O) groups excluding carboxylic acids is 1. The van der Waals surface area contributed by atoms with Crippen LogP contribution in [-0.4, -0.2) is 15.6 Å². The molecule has 2 rings (SSSR count). The van der Waals surface area contributed by atoms with Gasteiger partial charge in [0.2, 0.25) is 0 Å². The molecule has 0 saturated carbocycles. The van der Waals surface area contributed by atoms with Crippen LogP contribution in [-0.2, 0) is 6.54 Å². The number of aromatic nitrogens is 2. The summed E-state index contributed by atoms with van der Waals surface area (Å²) in [6.45, 7) is 2.61. The molecule has 0 spiro atoms. The number of hydrogen-bond donors (Lipinski definition) is 0. The van der Waals surface area contributed by atoms with Crippen LogP contribution in [0.5, 0.6) is 0 Å². The average Bonchev–Trinajstić information content (AvgIpc) is 2.76. The normalized spacial score (nSPS) is 10.5. The lowest BCUT2D eigenvalue weighted by Gasteiger charge is -2.01. The largest absolute Gasteiger partial charge is 0.288 e. The average molecular weight is 253 g/mol.